The molecule has 0 aliphatic heterocycles. The molecule has 64 heavy (non-hydrogen) atoms. The zero-order chi connectivity index (χ0) is 45.5. The Balaban J connectivity index is 1.44. The van der Waals surface area contributed by atoms with Crippen molar-refractivity contribution in [3.05, 3.63) is 144 Å². The average molecular weight is 882 g/mol. The number of carbonyl (C=O) groups is 4. The number of nitrogens with zero attached hydrogens (tertiary/aromatic N) is 2. The van der Waals surface area contributed by atoms with Gasteiger partial charge in [0.25, 0.3) is 0 Å². The Morgan fingerprint density at radius 2 is 0.828 bits per heavy atom. The molecule has 344 valence electrons. The molecular weight excluding hydrogens is 817 g/mol. The van der Waals surface area contributed by atoms with Crippen molar-refractivity contribution in [2.24, 2.45) is 0 Å². The molecule has 0 heterocycles. The van der Waals surface area contributed by atoms with Crippen LogP contribution in [0.15, 0.2) is 121 Å². The van der Waals surface area contributed by atoms with Gasteiger partial charge in [0, 0.05) is 64.9 Å². The molecule has 4 aromatic rings. The van der Waals surface area contributed by atoms with Crippen molar-refractivity contribution in [3.63, 3.8) is 0 Å². The molecule has 0 radical (unpaired) electrons. The van der Waals surface area contributed by atoms with Gasteiger partial charge in [0.1, 0.15) is 26.4 Å². The summed E-state index contributed by atoms with van der Waals surface area (Å²) < 4.78 is 21.8. The van der Waals surface area contributed by atoms with Crippen LogP contribution in [0.2, 0.25) is 6.82 Å². The predicted octanol–water partition coefficient (Wildman–Crippen LogP) is 5.53. The van der Waals surface area contributed by atoms with E-state index in [4.69, 9.17) is 18.9 Å². The van der Waals surface area contributed by atoms with Crippen molar-refractivity contribution in [1.82, 2.24) is 36.3 Å². The minimum absolute atomic E-state index is 0.120. The van der Waals surface area contributed by atoms with E-state index in [9.17, 15) is 24.2 Å². The molecule has 4 aromatic carbocycles. The third-order valence-electron chi connectivity index (χ3n) is 9.97. The summed E-state index contributed by atoms with van der Waals surface area (Å²) in [5, 5.41) is 24.3. The number of hydrogen-bond donors (Lipinski definition) is 6. The fourth-order valence-corrected chi connectivity index (χ4v) is 6.61. The Kier molecular flexibility index (Phi) is 24.3. The van der Waals surface area contributed by atoms with Crippen LogP contribution in [-0.4, -0.2) is 118 Å². The molecule has 0 fully saturated rings. The Morgan fingerprint density at radius 1 is 0.500 bits per heavy atom. The summed E-state index contributed by atoms with van der Waals surface area (Å²) in [5.74, 6) is 0. The number of benzene rings is 4. The Labute approximate surface area is 377 Å². The highest BCUT2D eigenvalue weighted by Gasteiger charge is 2.23. The highest BCUT2D eigenvalue weighted by Crippen LogP contribution is 2.12. The lowest BCUT2D eigenvalue weighted by Gasteiger charge is -2.36. The summed E-state index contributed by atoms with van der Waals surface area (Å²) >= 11 is 0. The summed E-state index contributed by atoms with van der Waals surface area (Å²) in [5.41, 5.74) is 3.48. The monoisotopic (exact) mass is 881 g/mol. The Hall–Kier alpha value is -6.14. The van der Waals surface area contributed by atoms with Gasteiger partial charge in [-0.25, -0.2) is 19.2 Å². The van der Waals surface area contributed by atoms with E-state index in [1.807, 2.05) is 121 Å². The minimum atomic E-state index is -0.637. The van der Waals surface area contributed by atoms with E-state index in [2.05, 4.69) is 36.3 Å². The molecule has 4 rings (SSSR count). The van der Waals surface area contributed by atoms with Gasteiger partial charge in [-0.3, -0.25) is 9.80 Å². The number of unbranched alkanes of at least 4 members (excludes halogenated alkanes) is 1. The van der Waals surface area contributed by atoms with Crippen LogP contribution in [0.5, 0.6) is 0 Å². The largest absolute Gasteiger partial charge is 0.445 e. The van der Waals surface area contributed by atoms with E-state index in [-0.39, 0.29) is 58.6 Å². The van der Waals surface area contributed by atoms with Gasteiger partial charge in [-0.15, -0.1) is 0 Å². The molecule has 4 amide bonds. The fraction of sp³-hybridized carbons (Fsp3) is 0.404. The summed E-state index contributed by atoms with van der Waals surface area (Å²) in [4.78, 5) is 55.4. The Morgan fingerprint density at radius 3 is 1.16 bits per heavy atom. The zero-order valence-electron chi connectivity index (χ0n) is 36.8. The Bertz CT molecular complexity index is 1760. The summed E-state index contributed by atoms with van der Waals surface area (Å²) in [6, 6.07) is 37.5. The lowest BCUT2D eigenvalue weighted by Crippen LogP contribution is -2.51. The number of carbonyl (C=O) groups excluding carboxylic acids is 4. The lowest BCUT2D eigenvalue weighted by molar-refractivity contribution is 0.112. The summed E-state index contributed by atoms with van der Waals surface area (Å²) in [7, 11) is -0.637. The molecule has 0 aliphatic rings. The molecule has 0 saturated carbocycles. The fourth-order valence-electron chi connectivity index (χ4n) is 6.61. The maximum absolute atomic E-state index is 12.8. The number of ether oxygens (including phenoxy) is 4. The van der Waals surface area contributed by atoms with Gasteiger partial charge in [0.15, 0.2) is 0 Å². The van der Waals surface area contributed by atoms with Crippen LogP contribution < -0.4 is 26.5 Å². The van der Waals surface area contributed by atoms with Gasteiger partial charge in [-0.05, 0) is 48.5 Å². The van der Waals surface area contributed by atoms with Gasteiger partial charge < -0.3 is 50.5 Å². The smallest absolute Gasteiger partial charge is 0.407 e. The highest BCUT2D eigenvalue weighted by atomic mass is 16.6. The second-order valence-electron chi connectivity index (χ2n) is 15.1. The van der Waals surface area contributed by atoms with Crippen molar-refractivity contribution < 1.29 is 43.1 Å². The number of hydrogen-bond acceptors (Lipinski definition) is 12. The first-order valence-electron chi connectivity index (χ1n) is 21.9. The molecule has 0 aliphatic carbocycles. The first-order chi connectivity index (χ1) is 31.2. The van der Waals surface area contributed by atoms with Crippen molar-refractivity contribution >= 4 is 31.4 Å². The topological polar surface area (TPSA) is 192 Å². The molecular formula is C47H64BN7O9. The van der Waals surface area contributed by atoms with Gasteiger partial charge in [-0.1, -0.05) is 128 Å². The molecule has 6 N–H and O–H groups in total. The van der Waals surface area contributed by atoms with Gasteiger partial charge in [0.2, 0.25) is 0 Å². The van der Waals surface area contributed by atoms with Crippen LogP contribution in [0.25, 0.3) is 0 Å². The number of amides is 4. The van der Waals surface area contributed by atoms with Crippen LogP contribution in [-0.2, 0) is 45.4 Å². The molecule has 1 atom stereocenters. The zero-order valence-corrected chi connectivity index (χ0v) is 36.8. The van der Waals surface area contributed by atoms with E-state index in [1.165, 1.54) is 0 Å². The summed E-state index contributed by atoms with van der Waals surface area (Å²) in [6.45, 7) is 6.04. The molecule has 0 bridgehead atoms. The second kappa shape index (κ2) is 30.8. The van der Waals surface area contributed by atoms with Crippen LogP contribution in [0.1, 0.15) is 41.5 Å². The average Bonchev–Trinajstić information content (AvgIpc) is 3.31. The van der Waals surface area contributed by atoms with Gasteiger partial charge in [-0.2, -0.15) is 0 Å². The van der Waals surface area contributed by atoms with Crippen molar-refractivity contribution in [1.29, 1.82) is 0 Å². The standard InChI is InChI=1S/C47H64BN7O9/c1-48(60)53-25-15-14-24-43(55(32-28-51-46(58)63-37-41-20-10-4-11-21-41)33-29-52-47(59)64-38-42-22-12-5-13-23-42)34-54(30-26-49-44(56)61-35-39-16-6-2-7-17-39)31-27-50-45(57)62-36-40-18-8-3-9-19-40/h2-13,16-23,43,53,60H,14-15,24-38H2,1H3,(H,49,56)(H,50,57)(H,51,58)(H,52,59). The molecule has 0 saturated heterocycles. The quantitative estimate of drug-likeness (QED) is 0.0227. The maximum Gasteiger partial charge on any atom is 0.407 e. The van der Waals surface area contributed by atoms with E-state index in [0.717, 1.165) is 35.1 Å². The van der Waals surface area contributed by atoms with Crippen molar-refractivity contribution in [2.45, 2.75) is 58.6 Å². The molecule has 16 nitrogen and oxygen atoms in total. The predicted molar refractivity (Wildman–Crippen MR) is 246 cm³/mol. The molecule has 0 aromatic heterocycles. The summed E-state index contributed by atoms with van der Waals surface area (Å²) in [6.07, 6.45) is 0.0907. The van der Waals surface area contributed by atoms with Gasteiger partial charge in [0.05, 0.1) is 0 Å². The highest BCUT2D eigenvalue weighted by molar-refractivity contribution is 6.45. The third-order valence-corrected chi connectivity index (χ3v) is 9.97. The first-order valence-corrected chi connectivity index (χ1v) is 21.9. The molecule has 17 heteroatoms. The van der Waals surface area contributed by atoms with Crippen molar-refractivity contribution in [3.8, 4) is 0 Å². The van der Waals surface area contributed by atoms with Crippen LogP contribution in [0.3, 0.4) is 0 Å². The minimum Gasteiger partial charge on any atom is -0.445 e. The third kappa shape index (κ3) is 22.8. The second-order valence-corrected chi connectivity index (χ2v) is 15.1. The van der Waals surface area contributed by atoms with Crippen LogP contribution in [0, 0.1) is 0 Å². The van der Waals surface area contributed by atoms with Crippen molar-refractivity contribution in [2.75, 3.05) is 65.4 Å². The van der Waals surface area contributed by atoms with E-state index in [1.54, 1.807) is 6.82 Å². The number of alkyl carbamates (subject to hydrolysis) is 4. The SMILES string of the molecule is CB(O)NCCCCC(CN(CCNC(=O)OCc1ccccc1)CCNC(=O)OCc1ccccc1)N(CCNC(=O)OCc1ccccc1)CCNC(=O)OCc1ccccc1. The van der Waals surface area contributed by atoms with E-state index >= 15 is 0 Å². The van der Waals surface area contributed by atoms with E-state index < -0.39 is 31.4 Å². The number of rotatable bonds is 29. The van der Waals surface area contributed by atoms with E-state index in [0.29, 0.717) is 45.7 Å². The number of nitrogens with one attached hydrogen (secondary N) is 5. The lowest BCUT2D eigenvalue weighted by atomic mass is 9.89. The molecule has 1 unspecified atom stereocenters. The van der Waals surface area contributed by atoms with Gasteiger partial charge >= 0.3 is 31.4 Å². The normalized spacial score (nSPS) is 11.3. The van der Waals surface area contributed by atoms with Crippen LogP contribution >= 0.6 is 0 Å². The van der Waals surface area contributed by atoms with Crippen LogP contribution in [0.4, 0.5) is 19.2 Å². The maximum atomic E-state index is 12.8. The first kappa shape index (κ1) is 50.5. The molecule has 0 spiro atoms.